The highest BCUT2D eigenvalue weighted by molar-refractivity contribution is 7.15. The molecule has 0 atom stereocenters. The van der Waals surface area contributed by atoms with E-state index in [1.807, 2.05) is 26.0 Å². The van der Waals surface area contributed by atoms with Gasteiger partial charge in [0.05, 0.1) is 6.61 Å². The number of carbonyl (C=O) groups excluding carboxylic acids is 1. The molecule has 118 valence electrons. The molecule has 5 nitrogen and oxygen atoms in total. The minimum absolute atomic E-state index is 0.0527. The Hall–Kier alpha value is -1.95. The van der Waals surface area contributed by atoms with E-state index in [1.54, 1.807) is 0 Å². The smallest absolute Gasteiger partial charge is 0.226 e. The fourth-order valence-electron chi connectivity index (χ4n) is 2.00. The van der Waals surface area contributed by atoms with E-state index in [1.165, 1.54) is 16.9 Å². The molecule has 0 aliphatic rings. The molecule has 6 heteroatoms. The third kappa shape index (κ3) is 4.80. The van der Waals surface area contributed by atoms with Crippen LogP contribution < -0.4 is 10.1 Å². The molecule has 2 rings (SSSR count). The van der Waals surface area contributed by atoms with Crippen LogP contribution in [-0.2, 0) is 11.2 Å². The summed E-state index contributed by atoms with van der Waals surface area (Å²) in [6.07, 6.45) is 1.90. The first-order chi connectivity index (χ1) is 10.6. The van der Waals surface area contributed by atoms with Crippen LogP contribution >= 0.6 is 11.3 Å². The van der Waals surface area contributed by atoms with Crippen molar-refractivity contribution >= 4 is 22.4 Å². The summed E-state index contributed by atoms with van der Waals surface area (Å²) in [7, 11) is 0. The molecule has 0 saturated heterocycles. The van der Waals surface area contributed by atoms with Crippen LogP contribution in [0.15, 0.2) is 18.2 Å². The highest BCUT2D eigenvalue weighted by Gasteiger charge is 2.07. The lowest BCUT2D eigenvalue weighted by Crippen LogP contribution is -2.12. The number of ether oxygens (including phenoxy) is 1. The number of nitrogens with zero attached hydrogens (tertiary/aromatic N) is 2. The monoisotopic (exact) mass is 319 g/mol. The predicted molar refractivity (Wildman–Crippen MR) is 88.6 cm³/mol. The number of aromatic nitrogens is 2. The maximum Gasteiger partial charge on any atom is 0.226 e. The minimum atomic E-state index is -0.0527. The lowest BCUT2D eigenvalue weighted by atomic mass is 10.1. The molecule has 0 aliphatic carbocycles. The van der Waals surface area contributed by atoms with Gasteiger partial charge >= 0.3 is 0 Å². The number of carbonyl (C=O) groups is 1. The number of nitrogens with one attached hydrogen (secondary N) is 1. The van der Waals surface area contributed by atoms with Crippen molar-refractivity contribution in [1.29, 1.82) is 0 Å². The Balaban J connectivity index is 1.70. The Labute approximate surface area is 134 Å². The lowest BCUT2D eigenvalue weighted by Gasteiger charge is -2.09. The minimum Gasteiger partial charge on any atom is -0.493 e. The molecule has 1 amide bonds. The summed E-state index contributed by atoms with van der Waals surface area (Å²) in [5.41, 5.74) is 2.33. The maximum atomic E-state index is 11.8. The number of rotatable bonds is 7. The third-order valence-corrected chi connectivity index (χ3v) is 4.13. The first-order valence-electron chi connectivity index (χ1n) is 7.40. The lowest BCUT2D eigenvalue weighted by molar-refractivity contribution is -0.116. The van der Waals surface area contributed by atoms with E-state index < -0.39 is 0 Å². The van der Waals surface area contributed by atoms with Gasteiger partial charge in [0, 0.05) is 6.42 Å². The van der Waals surface area contributed by atoms with Gasteiger partial charge in [-0.2, -0.15) is 0 Å². The molecule has 1 heterocycles. The number of hydrogen-bond donors (Lipinski definition) is 1. The van der Waals surface area contributed by atoms with Crippen LogP contribution in [0, 0.1) is 13.8 Å². The molecule has 0 bridgehead atoms. The molecule has 0 fully saturated rings. The quantitative estimate of drug-likeness (QED) is 0.793. The van der Waals surface area contributed by atoms with Gasteiger partial charge in [-0.25, -0.2) is 0 Å². The van der Waals surface area contributed by atoms with Gasteiger partial charge in [0.25, 0.3) is 0 Å². The normalized spacial score (nSPS) is 10.5. The largest absolute Gasteiger partial charge is 0.493 e. The molecule has 2 aromatic rings. The van der Waals surface area contributed by atoms with Crippen LogP contribution in [0.25, 0.3) is 0 Å². The second-order valence-corrected chi connectivity index (χ2v) is 6.19. The molecule has 0 radical (unpaired) electrons. The Morgan fingerprint density at radius 2 is 2.14 bits per heavy atom. The van der Waals surface area contributed by atoms with Gasteiger partial charge in [-0.1, -0.05) is 36.0 Å². The summed E-state index contributed by atoms with van der Waals surface area (Å²) in [4.78, 5) is 11.8. The average molecular weight is 319 g/mol. The Bertz CT molecular complexity index is 640. The predicted octanol–water partition coefficient (Wildman–Crippen LogP) is 3.52. The van der Waals surface area contributed by atoms with Crippen molar-refractivity contribution in [3.8, 4) is 5.75 Å². The number of benzene rings is 1. The van der Waals surface area contributed by atoms with Gasteiger partial charge in [-0.15, -0.1) is 10.2 Å². The van der Waals surface area contributed by atoms with Crippen molar-refractivity contribution in [2.45, 2.75) is 40.0 Å². The van der Waals surface area contributed by atoms with Crippen molar-refractivity contribution in [2.75, 3.05) is 11.9 Å². The van der Waals surface area contributed by atoms with Gasteiger partial charge in [0.15, 0.2) is 0 Å². The van der Waals surface area contributed by atoms with E-state index in [-0.39, 0.29) is 5.91 Å². The van der Waals surface area contributed by atoms with Gasteiger partial charge in [-0.05, 0) is 38.3 Å². The Morgan fingerprint density at radius 1 is 1.32 bits per heavy atom. The zero-order valence-electron chi connectivity index (χ0n) is 13.2. The highest BCUT2D eigenvalue weighted by atomic mass is 32.1. The zero-order chi connectivity index (χ0) is 15.9. The van der Waals surface area contributed by atoms with E-state index in [9.17, 15) is 4.79 Å². The standard InChI is InChI=1S/C16H21N3O2S/c1-4-15-18-19-16(22-15)17-14(20)6-5-9-21-13-8-7-11(2)10-12(13)3/h7-8,10H,4-6,9H2,1-3H3,(H,17,19,20). The Kier molecular flexibility index (Phi) is 5.89. The fourth-order valence-corrected chi connectivity index (χ4v) is 2.70. The molecule has 1 N–H and O–H groups in total. The van der Waals surface area contributed by atoms with Gasteiger partial charge in [0.1, 0.15) is 10.8 Å². The molecule has 22 heavy (non-hydrogen) atoms. The van der Waals surface area contributed by atoms with Crippen LogP contribution in [-0.4, -0.2) is 22.7 Å². The van der Waals surface area contributed by atoms with Crippen molar-refractivity contribution in [2.24, 2.45) is 0 Å². The second-order valence-electron chi connectivity index (χ2n) is 5.12. The molecule has 1 aromatic heterocycles. The first-order valence-corrected chi connectivity index (χ1v) is 8.22. The SMILES string of the molecule is CCc1nnc(NC(=O)CCCOc2ccc(C)cc2C)s1. The number of hydrogen-bond acceptors (Lipinski definition) is 5. The number of amides is 1. The molecular weight excluding hydrogens is 298 g/mol. The topological polar surface area (TPSA) is 64.1 Å². The number of aryl methyl sites for hydroxylation is 3. The molecule has 1 aromatic carbocycles. The van der Waals surface area contributed by atoms with Crippen LogP contribution in [0.3, 0.4) is 0 Å². The molecule has 0 saturated carbocycles. The summed E-state index contributed by atoms with van der Waals surface area (Å²) < 4.78 is 5.71. The third-order valence-electron chi connectivity index (χ3n) is 3.15. The number of anilines is 1. The molecule has 0 unspecified atom stereocenters. The van der Waals surface area contributed by atoms with Gasteiger partial charge < -0.3 is 10.1 Å². The van der Waals surface area contributed by atoms with Crippen molar-refractivity contribution in [1.82, 2.24) is 10.2 Å². The summed E-state index contributed by atoms with van der Waals surface area (Å²) in [6, 6.07) is 6.08. The maximum absolute atomic E-state index is 11.8. The molecule has 0 aliphatic heterocycles. The highest BCUT2D eigenvalue weighted by Crippen LogP contribution is 2.19. The summed E-state index contributed by atoms with van der Waals surface area (Å²) >= 11 is 1.42. The van der Waals surface area contributed by atoms with Crippen LogP contribution in [0.1, 0.15) is 35.9 Å². The van der Waals surface area contributed by atoms with Crippen molar-refractivity contribution < 1.29 is 9.53 Å². The van der Waals surface area contributed by atoms with Crippen LogP contribution in [0.5, 0.6) is 5.75 Å². The van der Waals surface area contributed by atoms with E-state index in [0.29, 0.717) is 24.6 Å². The molecule has 0 spiro atoms. The first kappa shape index (κ1) is 16.4. The Morgan fingerprint density at radius 3 is 2.82 bits per heavy atom. The zero-order valence-corrected chi connectivity index (χ0v) is 14.0. The fraction of sp³-hybridized carbons (Fsp3) is 0.438. The summed E-state index contributed by atoms with van der Waals surface area (Å²) in [6.45, 7) is 6.61. The van der Waals surface area contributed by atoms with E-state index in [2.05, 4.69) is 28.5 Å². The van der Waals surface area contributed by atoms with Crippen LogP contribution in [0.2, 0.25) is 0 Å². The van der Waals surface area contributed by atoms with Gasteiger partial charge in [0.2, 0.25) is 11.0 Å². The van der Waals surface area contributed by atoms with E-state index in [0.717, 1.165) is 22.7 Å². The second kappa shape index (κ2) is 7.89. The van der Waals surface area contributed by atoms with Crippen molar-refractivity contribution in [3.05, 3.63) is 34.3 Å². The van der Waals surface area contributed by atoms with Gasteiger partial charge in [-0.3, -0.25) is 4.79 Å². The average Bonchev–Trinajstić information content (AvgIpc) is 2.93. The summed E-state index contributed by atoms with van der Waals surface area (Å²) in [5, 5.41) is 12.2. The van der Waals surface area contributed by atoms with E-state index >= 15 is 0 Å². The van der Waals surface area contributed by atoms with E-state index in [4.69, 9.17) is 4.74 Å². The summed E-state index contributed by atoms with van der Waals surface area (Å²) in [5.74, 6) is 0.825. The molecular formula is C16H21N3O2S. The van der Waals surface area contributed by atoms with Crippen molar-refractivity contribution in [3.63, 3.8) is 0 Å². The van der Waals surface area contributed by atoms with Crippen LogP contribution in [0.4, 0.5) is 5.13 Å².